The van der Waals surface area contributed by atoms with Crippen LogP contribution in [0.2, 0.25) is 0 Å². The molecule has 5 heteroatoms. The SMILES string of the molecule is c1ccc(-c2cc(-c3ccccc3)nc(-c3ccc4cc(-c5ccc(-c6nc7ccccc7c7ccc8c(nc(-c9ccccc9)n8-c8ccccc8)c67)cc5)ccc4c3)n2)cc1. The van der Waals surface area contributed by atoms with Gasteiger partial charge in [0.25, 0.3) is 0 Å². The molecule has 0 unspecified atom stereocenters. The molecular formula is C58H37N5. The van der Waals surface area contributed by atoms with Crippen molar-refractivity contribution in [3.05, 3.63) is 224 Å². The van der Waals surface area contributed by atoms with Crippen molar-refractivity contribution in [2.75, 3.05) is 0 Å². The fourth-order valence-corrected chi connectivity index (χ4v) is 8.89. The summed E-state index contributed by atoms with van der Waals surface area (Å²) < 4.78 is 2.27. The zero-order chi connectivity index (χ0) is 41.7. The Bertz CT molecular complexity index is 3580. The maximum atomic E-state index is 5.45. The number of para-hydroxylation sites is 2. The molecule has 0 N–H and O–H groups in total. The van der Waals surface area contributed by atoms with E-state index in [-0.39, 0.29) is 0 Å². The molecule has 12 aromatic rings. The van der Waals surface area contributed by atoms with E-state index in [9.17, 15) is 0 Å². The number of benzene rings is 9. The van der Waals surface area contributed by atoms with Gasteiger partial charge in [-0.1, -0.05) is 182 Å². The van der Waals surface area contributed by atoms with E-state index in [1.165, 1.54) is 0 Å². The van der Waals surface area contributed by atoms with Crippen LogP contribution in [0.1, 0.15) is 0 Å². The van der Waals surface area contributed by atoms with Crippen LogP contribution in [0.3, 0.4) is 0 Å². The van der Waals surface area contributed by atoms with Gasteiger partial charge in [0.1, 0.15) is 5.82 Å². The predicted molar refractivity (Wildman–Crippen MR) is 260 cm³/mol. The Morgan fingerprint density at radius 3 is 1.54 bits per heavy atom. The zero-order valence-corrected chi connectivity index (χ0v) is 34.1. The first-order valence-corrected chi connectivity index (χ1v) is 21.2. The van der Waals surface area contributed by atoms with Gasteiger partial charge in [0.15, 0.2) is 5.82 Å². The van der Waals surface area contributed by atoms with Crippen LogP contribution in [-0.2, 0) is 0 Å². The van der Waals surface area contributed by atoms with E-state index in [2.05, 4.69) is 187 Å². The van der Waals surface area contributed by atoms with Gasteiger partial charge in [-0.15, -0.1) is 0 Å². The Balaban J connectivity index is 0.943. The molecule has 0 aliphatic heterocycles. The summed E-state index contributed by atoms with van der Waals surface area (Å²) >= 11 is 0. The number of rotatable bonds is 7. The molecule has 3 aromatic heterocycles. The Labute approximate surface area is 364 Å². The largest absolute Gasteiger partial charge is 0.292 e. The molecule has 0 saturated carbocycles. The lowest BCUT2D eigenvalue weighted by Gasteiger charge is -2.13. The van der Waals surface area contributed by atoms with Crippen molar-refractivity contribution in [3.8, 4) is 73.4 Å². The monoisotopic (exact) mass is 803 g/mol. The quantitative estimate of drug-likeness (QED) is 0.151. The summed E-state index contributed by atoms with van der Waals surface area (Å²) in [5.74, 6) is 1.60. The highest BCUT2D eigenvalue weighted by molar-refractivity contribution is 6.20. The van der Waals surface area contributed by atoms with Crippen LogP contribution >= 0.6 is 0 Å². The summed E-state index contributed by atoms with van der Waals surface area (Å²) in [6.07, 6.45) is 0. The van der Waals surface area contributed by atoms with Crippen molar-refractivity contribution in [2.45, 2.75) is 0 Å². The molecule has 5 nitrogen and oxygen atoms in total. The van der Waals surface area contributed by atoms with Gasteiger partial charge in [0.2, 0.25) is 0 Å². The van der Waals surface area contributed by atoms with Crippen molar-refractivity contribution >= 4 is 43.5 Å². The van der Waals surface area contributed by atoms with E-state index in [0.717, 1.165) is 111 Å². The molecule has 12 rings (SSSR count). The smallest absolute Gasteiger partial charge is 0.160 e. The highest BCUT2D eigenvalue weighted by Crippen LogP contribution is 2.40. The van der Waals surface area contributed by atoms with E-state index in [1.54, 1.807) is 0 Å². The van der Waals surface area contributed by atoms with Gasteiger partial charge in [-0.25, -0.2) is 19.9 Å². The maximum Gasteiger partial charge on any atom is 0.160 e. The van der Waals surface area contributed by atoms with E-state index in [0.29, 0.717) is 5.82 Å². The van der Waals surface area contributed by atoms with E-state index in [4.69, 9.17) is 19.9 Å². The minimum atomic E-state index is 0.701. The minimum Gasteiger partial charge on any atom is -0.292 e. The second kappa shape index (κ2) is 15.2. The van der Waals surface area contributed by atoms with Crippen LogP contribution in [0.5, 0.6) is 0 Å². The van der Waals surface area contributed by atoms with Gasteiger partial charge in [-0.05, 0) is 69.8 Å². The highest BCUT2D eigenvalue weighted by atomic mass is 15.1. The third-order valence-electron chi connectivity index (χ3n) is 12.0. The summed E-state index contributed by atoms with van der Waals surface area (Å²) in [6, 6.07) is 78.5. The molecule has 0 aliphatic rings. The second-order valence-corrected chi connectivity index (χ2v) is 15.9. The lowest BCUT2D eigenvalue weighted by molar-refractivity contribution is 1.10. The second-order valence-electron chi connectivity index (χ2n) is 15.9. The Kier molecular flexibility index (Phi) is 8.75. The van der Waals surface area contributed by atoms with E-state index in [1.807, 2.05) is 42.5 Å². The Morgan fingerprint density at radius 2 is 0.873 bits per heavy atom. The summed E-state index contributed by atoms with van der Waals surface area (Å²) in [4.78, 5) is 21.0. The number of imidazole rings is 1. The number of fused-ring (bicyclic) bond motifs is 6. The van der Waals surface area contributed by atoms with Crippen molar-refractivity contribution in [3.63, 3.8) is 0 Å². The van der Waals surface area contributed by atoms with Crippen molar-refractivity contribution in [1.82, 2.24) is 24.5 Å². The topological polar surface area (TPSA) is 56.5 Å². The molecule has 9 aromatic carbocycles. The van der Waals surface area contributed by atoms with Crippen LogP contribution in [-0.4, -0.2) is 24.5 Å². The lowest BCUT2D eigenvalue weighted by atomic mass is 9.96. The molecule has 0 aliphatic carbocycles. The van der Waals surface area contributed by atoms with Gasteiger partial charge < -0.3 is 0 Å². The molecule has 0 atom stereocenters. The molecule has 63 heavy (non-hydrogen) atoms. The summed E-state index contributed by atoms with van der Waals surface area (Å²) in [7, 11) is 0. The normalized spacial score (nSPS) is 11.5. The summed E-state index contributed by atoms with van der Waals surface area (Å²) in [5, 5.41) is 5.56. The van der Waals surface area contributed by atoms with Gasteiger partial charge in [0.05, 0.1) is 33.6 Å². The first-order chi connectivity index (χ1) is 31.2. The molecule has 294 valence electrons. The third-order valence-corrected chi connectivity index (χ3v) is 12.0. The van der Waals surface area contributed by atoms with Crippen LogP contribution in [0, 0.1) is 0 Å². The van der Waals surface area contributed by atoms with E-state index >= 15 is 0 Å². The van der Waals surface area contributed by atoms with E-state index < -0.39 is 0 Å². The zero-order valence-electron chi connectivity index (χ0n) is 34.1. The van der Waals surface area contributed by atoms with Gasteiger partial charge >= 0.3 is 0 Å². The van der Waals surface area contributed by atoms with Gasteiger partial charge in [-0.2, -0.15) is 0 Å². The molecule has 0 fully saturated rings. The fourth-order valence-electron chi connectivity index (χ4n) is 8.89. The maximum absolute atomic E-state index is 5.45. The predicted octanol–water partition coefficient (Wildman–Crippen LogP) is 14.7. The molecule has 0 bridgehead atoms. The number of aromatic nitrogens is 5. The molecule has 0 radical (unpaired) electrons. The lowest BCUT2D eigenvalue weighted by Crippen LogP contribution is -1.97. The Hall–Kier alpha value is -8.54. The average molecular weight is 804 g/mol. The van der Waals surface area contributed by atoms with Crippen LogP contribution in [0.4, 0.5) is 0 Å². The first-order valence-electron chi connectivity index (χ1n) is 21.2. The van der Waals surface area contributed by atoms with Crippen molar-refractivity contribution in [2.24, 2.45) is 0 Å². The average Bonchev–Trinajstić information content (AvgIpc) is 3.77. The van der Waals surface area contributed by atoms with Gasteiger partial charge in [0, 0.05) is 44.3 Å². The standard InChI is InChI=1S/C58H37N5/c1-5-15-39(16-6-1)51-37-52(40-17-7-2-8-18-40)61-57(60-51)46-32-31-44-35-43(29-30-45(44)36-46)38-25-27-41(28-26-38)55-54-49(48-23-13-14-24-50(48)59-55)33-34-53-56(54)62-58(42-19-9-3-10-20-42)63(53)47-21-11-4-12-22-47/h1-37H. The molecule has 0 spiro atoms. The molecule has 0 amide bonds. The summed E-state index contributed by atoms with van der Waals surface area (Å²) in [6.45, 7) is 0. The fraction of sp³-hybridized carbons (Fsp3) is 0. The number of nitrogens with zero attached hydrogens (tertiary/aromatic N) is 5. The van der Waals surface area contributed by atoms with Crippen LogP contribution < -0.4 is 0 Å². The number of pyridine rings is 1. The number of hydrogen-bond acceptors (Lipinski definition) is 4. The minimum absolute atomic E-state index is 0.701. The highest BCUT2D eigenvalue weighted by Gasteiger charge is 2.21. The molecule has 0 saturated heterocycles. The van der Waals surface area contributed by atoms with Crippen LogP contribution in [0.15, 0.2) is 224 Å². The van der Waals surface area contributed by atoms with Crippen molar-refractivity contribution in [1.29, 1.82) is 0 Å². The first kappa shape index (κ1) is 36.3. The molecular weight excluding hydrogens is 767 g/mol. The third kappa shape index (κ3) is 6.51. The van der Waals surface area contributed by atoms with Crippen LogP contribution in [0.25, 0.3) is 117 Å². The summed E-state index contributed by atoms with van der Waals surface area (Å²) in [5.41, 5.74) is 14.1. The number of hydrogen-bond donors (Lipinski definition) is 0. The van der Waals surface area contributed by atoms with Gasteiger partial charge in [-0.3, -0.25) is 4.57 Å². The van der Waals surface area contributed by atoms with Crippen molar-refractivity contribution < 1.29 is 0 Å². The Morgan fingerprint density at radius 1 is 0.333 bits per heavy atom. The molecule has 3 heterocycles.